The molecular formula is C23H23N5O3. The fourth-order valence-corrected chi connectivity index (χ4v) is 3.52. The number of nitrogens with zero attached hydrogens (tertiary/aromatic N) is 3. The van der Waals surface area contributed by atoms with Crippen molar-refractivity contribution in [2.45, 2.75) is 12.3 Å². The third-order valence-electron chi connectivity index (χ3n) is 5.15. The van der Waals surface area contributed by atoms with Gasteiger partial charge in [-0.15, -0.1) is 0 Å². The number of methoxy groups -OCH3 is 2. The van der Waals surface area contributed by atoms with E-state index in [1.54, 1.807) is 26.5 Å². The Bertz CT molecular complexity index is 1170. The molecule has 0 radical (unpaired) electrons. The second-order valence-corrected chi connectivity index (χ2v) is 7.16. The number of ether oxygens (including phenoxy) is 2. The summed E-state index contributed by atoms with van der Waals surface area (Å²) in [6, 6.07) is 5.51. The molecule has 1 saturated heterocycles. The lowest BCUT2D eigenvalue weighted by Gasteiger charge is -2.15. The molecule has 158 valence electrons. The molecule has 2 aromatic heterocycles. The number of H-pyrrole nitrogens is 1. The smallest absolute Gasteiger partial charge is 0.257 e. The lowest BCUT2D eigenvalue weighted by molar-refractivity contribution is -0.120. The average Bonchev–Trinajstić information content (AvgIpc) is 3.43. The van der Waals surface area contributed by atoms with E-state index >= 15 is 0 Å². The maximum absolute atomic E-state index is 11.5. The number of benzene rings is 1. The lowest BCUT2D eigenvalue weighted by atomic mass is 10.1. The third kappa shape index (κ3) is 4.52. The molecule has 1 atom stereocenters. The topological polar surface area (TPSA) is 92.4 Å². The zero-order valence-corrected chi connectivity index (χ0v) is 17.4. The van der Waals surface area contributed by atoms with Crippen molar-refractivity contribution in [1.29, 1.82) is 0 Å². The van der Waals surface area contributed by atoms with Crippen molar-refractivity contribution in [2.24, 2.45) is 0 Å². The highest BCUT2D eigenvalue weighted by atomic mass is 16.5. The van der Waals surface area contributed by atoms with Crippen LogP contribution in [0.25, 0.3) is 11.2 Å². The highest BCUT2D eigenvalue weighted by Crippen LogP contribution is 2.26. The Hall–Kier alpha value is -3.83. The van der Waals surface area contributed by atoms with Gasteiger partial charge in [0.05, 0.1) is 31.7 Å². The van der Waals surface area contributed by atoms with Crippen LogP contribution in [-0.2, 0) is 4.79 Å². The summed E-state index contributed by atoms with van der Waals surface area (Å²) in [7, 11) is 3.21. The molecule has 1 aromatic carbocycles. The number of nitrogens with one attached hydrogen (secondary N) is 2. The van der Waals surface area contributed by atoms with Crippen molar-refractivity contribution in [3.63, 3.8) is 0 Å². The van der Waals surface area contributed by atoms with Crippen LogP contribution in [0, 0.1) is 11.8 Å². The summed E-state index contributed by atoms with van der Waals surface area (Å²) in [5.74, 6) is 7.65. The molecule has 1 amide bonds. The second-order valence-electron chi connectivity index (χ2n) is 7.16. The van der Waals surface area contributed by atoms with Gasteiger partial charge in [-0.05, 0) is 24.6 Å². The number of hydrazine groups is 1. The number of rotatable bonds is 5. The molecular weight excluding hydrogens is 394 g/mol. The number of carbonyl (C=O) groups excluding carboxylic acids is 1. The Morgan fingerprint density at radius 1 is 1.29 bits per heavy atom. The first-order valence-corrected chi connectivity index (χ1v) is 9.86. The van der Waals surface area contributed by atoms with Crippen molar-refractivity contribution in [1.82, 2.24) is 25.4 Å². The quantitative estimate of drug-likeness (QED) is 0.489. The number of hydrogen-bond donors (Lipinski definition) is 2. The van der Waals surface area contributed by atoms with Crippen molar-refractivity contribution in [2.75, 3.05) is 27.3 Å². The van der Waals surface area contributed by atoms with E-state index in [1.165, 1.54) is 6.08 Å². The Balaban J connectivity index is 1.58. The van der Waals surface area contributed by atoms with Gasteiger partial charge in [-0.1, -0.05) is 18.4 Å². The molecule has 3 aromatic rings. The van der Waals surface area contributed by atoms with Crippen LogP contribution in [-0.4, -0.2) is 53.2 Å². The van der Waals surface area contributed by atoms with Gasteiger partial charge in [0.2, 0.25) is 0 Å². The minimum absolute atomic E-state index is 0.181. The van der Waals surface area contributed by atoms with Crippen LogP contribution >= 0.6 is 0 Å². The zero-order valence-electron chi connectivity index (χ0n) is 17.4. The van der Waals surface area contributed by atoms with E-state index in [1.807, 2.05) is 23.3 Å². The van der Waals surface area contributed by atoms with Gasteiger partial charge in [0.1, 0.15) is 17.0 Å². The van der Waals surface area contributed by atoms with Crippen LogP contribution in [0.2, 0.25) is 0 Å². The highest BCUT2D eigenvalue weighted by molar-refractivity contribution is 5.86. The monoisotopic (exact) mass is 417 g/mol. The predicted molar refractivity (Wildman–Crippen MR) is 117 cm³/mol. The van der Waals surface area contributed by atoms with Crippen LogP contribution in [0.5, 0.6) is 11.5 Å². The van der Waals surface area contributed by atoms with E-state index < -0.39 is 0 Å². The maximum Gasteiger partial charge on any atom is 0.257 e. The number of carbonyl (C=O) groups is 1. The Labute approximate surface area is 180 Å². The fraction of sp³-hybridized carbons (Fsp3) is 0.261. The highest BCUT2D eigenvalue weighted by Gasteiger charge is 2.26. The van der Waals surface area contributed by atoms with Crippen molar-refractivity contribution >= 4 is 17.1 Å². The minimum atomic E-state index is -0.209. The second kappa shape index (κ2) is 8.90. The Morgan fingerprint density at radius 3 is 2.77 bits per heavy atom. The Morgan fingerprint density at radius 2 is 2.06 bits per heavy atom. The summed E-state index contributed by atoms with van der Waals surface area (Å²) in [5.41, 5.74) is 6.65. The van der Waals surface area contributed by atoms with E-state index in [0.29, 0.717) is 23.7 Å². The average molecular weight is 417 g/mol. The number of fused-ring (bicyclic) bond motifs is 1. The van der Waals surface area contributed by atoms with Gasteiger partial charge in [-0.2, -0.15) is 0 Å². The molecule has 0 bridgehead atoms. The van der Waals surface area contributed by atoms with Gasteiger partial charge in [-0.3, -0.25) is 10.2 Å². The molecule has 31 heavy (non-hydrogen) atoms. The SMILES string of the molecule is C=CC(=O)NN1CC[C@H](c2cnc3[nH]cc(C#Cc4cc(OC)cc(OC)c4)c3n2)C1. The van der Waals surface area contributed by atoms with Gasteiger partial charge in [0.25, 0.3) is 5.91 Å². The first-order valence-electron chi connectivity index (χ1n) is 9.86. The van der Waals surface area contributed by atoms with E-state index in [0.717, 1.165) is 35.3 Å². The van der Waals surface area contributed by atoms with Crippen LogP contribution < -0.4 is 14.9 Å². The van der Waals surface area contributed by atoms with Gasteiger partial charge in [-0.25, -0.2) is 15.0 Å². The van der Waals surface area contributed by atoms with Crippen LogP contribution in [0.4, 0.5) is 0 Å². The van der Waals surface area contributed by atoms with E-state index in [9.17, 15) is 4.79 Å². The van der Waals surface area contributed by atoms with Gasteiger partial charge in [0.15, 0.2) is 5.65 Å². The van der Waals surface area contributed by atoms with Gasteiger partial charge >= 0.3 is 0 Å². The van der Waals surface area contributed by atoms with Crippen LogP contribution in [0.15, 0.2) is 43.2 Å². The molecule has 8 heteroatoms. The van der Waals surface area contributed by atoms with Crippen LogP contribution in [0.1, 0.15) is 29.2 Å². The van der Waals surface area contributed by atoms with Gasteiger partial charge in [0, 0.05) is 36.8 Å². The molecule has 4 rings (SSSR count). The molecule has 8 nitrogen and oxygen atoms in total. The Kier molecular flexibility index (Phi) is 5.87. The van der Waals surface area contributed by atoms with E-state index in [2.05, 4.69) is 33.8 Å². The zero-order chi connectivity index (χ0) is 21.8. The number of amides is 1. The predicted octanol–water partition coefficient (Wildman–Crippen LogP) is 2.38. The first-order chi connectivity index (χ1) is 15.1. The largest absolute Gasteiger partial charge is 0.497 e. The fourth-order valence-electron chi connectivity index (χ4n) is 3.52. The lowest BCUT2D eigenvalue weighted by Crippen LogP contribution is -2.39. The number of aromatic nitrogens is 3. The normalized spacial score (nSPS) is 15.9. The molecule has 1 aliphatic rings. The summed E-state index contributed by atoms with van der Waals surface area (Å²) >= 11 is 0. The molecule has 1 fully saturated rings. The first kappa shape index (κ1) is 20.4. The summed E-state index contributed by atoms with van der Waals surface area (Å²) in [6.45, 7) is 4.91. The third-order valence-corrected chi connectivity index (χ3v) is 5.15. The molecule has 0 spiro atoms. The van der Waals surface area contributed by atoms with E-state index in [-0.39, 0.29) is 11.8 Å². The standard InChI is InChI=1S/C23H23N5O3/c1-4-21(29)27-28-8-7-17(14-28)20-13-25-23-22(26-20)16(12-24-23)6-5-15-9-18(30-2)11-19(10-15)31-3/h4,9-13,17H,1,7-8,14H2,2-3H3,(H,24,25)(H,27,29)/t17-/m0/s1. The van der Waals surface area contributed by atoms with Crippen LogP contribution in [0.3, 0.4) is 0 Å². The summed E-state index contributed by atoms with van der Waals surface area (Å²) in [5, 5.41) is 1.88. The summed E-state index contributed by atoms with van der Waals surface area (Å²) < 4.78 is 10.6. The molecule has 0 saturated carbocycles. The number of aromatic amines is 1. The molecule has 2 N–H and O–H groups in total. The molecule has 3 heterocycles. The van der Waals surface area contributed by atoms with E-state index in [4.69, 9.17) is 14.5 Å². The maximum atomic E-state index is 11.5. The van der Waals surface area contributed by atoms with Crippen molar-refractivity contribution in [3.05, 3.63) is 60.1 Å². The van der Waals surface area contributed by atoms with Crippen molar-refractivity contribution < 1.29 is 14.3 Å². The molecule has 0 aliphatic carbocycles. The minimum Gasteiger partial charge on any atom is -0.497 e. The molecule has 1 aliphatic heterocycles. The van der Waals surface area contributed by atoms with Crippen molar-refractivity contribution in [3.8, 4) is 23.3 Å². The number of hydrogen-bond acceptors (Lipinski definition) is 6. The summed E-state index contributed by atoms with van der Waals surface area (Å²) in [6.07, 6.45) is 5.74. The molecule has 0 unspecified atom stereocenters. The summed E-state index contributed by atoms with van der Waals surface area (Å²) in [4.78, 5) is 24.0. The van der Waals surface area contributed by atoms with Gasteiger partial charge < -0.3 is 14.5 Å².